The van der Waals surface area contributed by atoms with Gasteiger partial charge in [-0.2, -0.15) is 5.10 Å². The fraction of sp³-hybridized carbons (Fsp3) is 0.667. The number of likely N-dealkylation sites (N-methyl/N-ethyl adjacent to an activating group) is 1. The van der Waals surface area contributed by atoms with Crippen molar-refractivity contribution in [2.75, 3.05) is 13.6 Å². The third-order valence-electron chi connectivity index (χ3n) is 3.16. The van der Waals surface area contributed by atoms with Crippen LogP contribution in [0.3, 0.4) is 0 Å². The molecule has 0 bridgehead atoms. The Bertz CT molecular complexity index is 391. The number of rotatable bonds is 3. The molecule has 0 radical (unpaired) electrons. The van der Waals surface area contributed by atoms with Crippen LogP contribution >= 0.6 is 24.8 Å². The summed E-state index contributed by atoms with van der Waals surface area (Å²) >= 11 is 0. The van der Waals surface area contributed by atoms with E-state index in [0.717, 1.165) is 24.9 Å². The van der Waals surface area contributed by atoms with E-state index in [1.807, 2.05) is 20.3 Å². The third kappa shape index (κ3) is 5.01. The SMILES string of the molecule is CN(Cc1cnn(C)c1)C(=O)[C@H]1CCCCN1.Cl.Cl. The number of piperidine rings is 1. The van der Waals surface area contributed by atoms with Crippen LogP contribution in [0.5, 0.6) is 0 Å². The fourth-order valence-electron chi connectivity index (χ4n) is 2.23. The molecule has 1 atom stereocenters. The Labute approximate surface area is 126 Å². The molecule has 1 N–H and O–H groups in total. The van der Waals surface area contributed by atoms with Crippen LogP contribution in [0.25, 0.3) is 0 Å². The molecule has 0 saturated carbocycles. The smallest absolute Gasteiger partial charge is 0.239 e. The summed E-state index contributed by atoms with van der Waals surface area (Å²) in [6.45, 7) is 1.59. The van der Waals surface area contributed by atoms with Gasteiger partial charge in [-0.3, -0.25) is 9.48 Å². The van der Waals surface area contributed by atoms with Gasteiger partial charge in [-0.25, -0.2) is 0 Å². The largest absolute Gasteiger partial charge is 0.340 e. The van der Waals surface area contributed by atoms with Gasteiger partial charge in [0, 0.05) is 32.4 Å². The van der Waals surface area contributed by atoms with Gasteiger partial charge >= 0.3 is 0 Å². The number of aryl methyl sites for hydroxylation is 1. The second-order valence-electron chi connectivity index (χ2n) is 4.72. The molecule has 2 heterocycles. The van der Waals surface area contributed by atoms with Crippen LogP contribution in [0, 0.1) is 0 Å². The van der Waals surface area contributed by atoms with Gasteiger partial charge in [-0.05, 0) is 19.4 Å². The number of halogens is 2. The predicted molar refractivity (Wildman–Crippen MR) is 79.8 cm³/mol. The maximum atomic E-state index is 12.1. The molecule has 19 heavy (non-hydrogen) atoms. The molecule has 0 unspecified atom stereocenters. The summed E-state index contributed by atoms with van der Waals surface area (Å²) in [4.78, 5) is 13.9. The monoisotopic (exact) mass is 308 g/mol. The lowest BCUT2D eigenvalue weighted by Gasteiger charge is -2.27. The Morgan fingerprint density at radius 3 is 2.79 bits per heavy atom. The molecule has 1 amide bonds. The first-order valence-electron chi connectivity index (χ1n) is 6.12. The van der Waals surface area contributed by atoms with E-state index in [2.05, 4.69) is 10.4 Å². The van der Waals surface area contributed by atoms with Crippen molar-refractivity contribution in [3.63, 3.8) is 0 Å². The van der Waals surface area contributed by atoms with E-state index in [9.17, 15) is 4.79 Å². The van der Waals surface area contributed by atoms with E-state index in [1.54, 1.807) is 15.8 Å². The summed E-state index contributed by atoms with van der Waals surface area (Å²) in [5, 5.41) is 7.38. The van der Waals surface area contributed by atoms with Crippen molar-refractivity contribution in [1.82, 2.24) is 20.0 Å². The maximum absolute atomic E-state index is 12.1. The van der Waals surface area contributed by atoms with E-state index in [-0.39, 0.29) is 36.8 Å². The Balaban J connectivity index is 0.00000162. The van der Waals surface area contributed by atoms with Crippen LogP contribution < -0.4 is 5.32 Å². The highest BCUT2D eigenvalue weighted by molar-refractivity contribution is 5.85. The summed E-state index contributed by atoms with van der Waals surface area (Å²) in [5.41, 5.74) is 1.07. The third-order valence-corrected chi connectivity index (χ3v) is 3.16. The van der Waals surface area contributed by atoms with E-state index in [0.29, 0.717) is 6.54 Å². The van der Waals surface area contributed by atoms with Crippen LogP contribution in [-0.2, 0) is 18.4 Å². The summed E-state index contributed by atoms with van der Waals surface area (Å²) in [7, 11) is 3.74. The highest BCUT2D eigenvalue weighted by Crippen LogP contribution is 2.11. The lowest BCUT2D eigenvalue weighted by atomic mass is 10.0. The Morgan fingerprint density at radius 2 is 2.26 bits per heavy atom. The molecule has 0 aromatic carbocycles. The molecular weight excluding hydrogens is 287 g/mol. The molecule has 1 aromatic heterocycles. The van der Waals surface area contributed by atoms with E-state index >= 15 is 0 Å². The van der Waals surface area contributed by atoms with Crippen molar-refractivity contribution in [2.45, 2.75) is 31.8 Å². The Morgan fingerprint density at radius 1 is 1.53 bits per heavy atom. The van der Waals surface area contributed by atoms with Crippen LogP contribution in [0.15, 0.2) is 12.4 Å². The average molecular weight is 309 g/mol. The number of hydrogen-bond acceptors (Lipinski definition) is 3. The molecule has 1 fully saturated rings. The van der Waals surface area contributed by atoms with Crippen molar-refractivity contribution in [3.8, 4) is 0 Å². The van der Waals surface area contributed by atoms with E-state index in [1.165, 1.54) is 6.42 Å². The van der Waals surface area contributed by atoms with Gasteiger partial charge in [0.15, 0.2) is 0 Å². The van der Waals surface area contributed by atoms with Gasteiger partial charge in [-0.15, -0.1) is 24.8 Å². The van der Waals surface area contributed by atoms with Crippen molar-refractivity contribution in [1.29, 1.82) is 0 Å². The summed E-state index contributed by atoms with van der Waals surface area (Å²) in [6.07, 6.45) is 7.02. The van der Waals surface area contributed by atoms with Crippen LogP contribution in [0.2, 0.25) is 0 Å². The second-order valence-corrected chi connectivity index (χ2v) is 4.72. The predicted octanol–water partition coefficient (Wildman–Crippen LogP) is 1.36. The number of amides is 1. The normalized spacial score (nSPS) is 18.1. The molecule has 2 rings (SSSR count). The minimum atomic E-state index is 0. The van der Waals surface area contributed by atoms with Gasteiger partial charge in [0.1, 0.15) is 0 Å². The zero-order valence-electron chi connectivity index (χ0n) is 11.3. The van der Waals surface area contributed by atoms with E-state index < -0.39 is 0 Å². The Hall–Kier alpha value is -0.780. The van der Waals surface area contributed by atoms with Crippen LogP contribution in [0.4, 0.5) is 0 Å². The number of aromatic nitrogens is 2. The minimum absolute atomic E-state index is 0. The Kier molecular flexibility index (Phi) is 8.06. The number of nitrogens with one attached hydrogen (secondary N) is 1. The summed E-state index contributed by atoms with van der Waals surface area (Å²) in [6, 6.07) is 0.00502. The van der Waals surface area contributed by atoms with Gasteiger partial charge in [0.05, 0.1) is 12.2 Å². The molecular formula is C12H22Cl2N4O. The highest BCUT2D eigenvalue weighted by Gasteiger charge is 2.23. The van der Waals surface area contributed by atoms with Crippen molar-refractivity contribution < 1.29 is 4.79 Å². The first-order valence-corrected chi connectivity index (χ1v) is 6.12. The zero-order chi connectivity index (χ0) is 12.3. The second kappa shape index (κ2) is 8.40. The average Bonchev–Trinajstić information content (AvgIpc) is 2.75. The van der Waals surface area contributed by atoms with Crippen LogP contribution in [0.1, 0.15) is 24.8 Å². The maximum Gasteiger partial charge on any atom is 0.239 e. The van der Waals surface area contributed by atoms with Gasteiger partial charge in [0.25, 0.3) is 0 Å². The standard InChI is InChI=1S/C12H20N4O.2ClH/c1-15(8-10-7-14-16(2)9-10)12(17)11-5-3-4-6-13-11;;/h7,9,11,13H,3-6,8H2,1-2H3;2*1H/t11-;;/m1../s1. The summed E-state index contributed by atoms with van der Waals surface area (Å²) < 4.78 is 1.76. The summed E-state index contributed by atoms with van der Waals surface area (Å²) in [5.74, 6) is 0.188. The van der Waals surface area contributed by atoms with E-state index in [4.69, 9.17) is 0 Å². The first kappa shape index (κ1) is 18.2. The van der Waals surface area contributed by atoms with Gasteiger partial charge < -0.3 is 10.2 Å². The van der Waals surface area contributed by atoms with Crippen molar-refractivity contribution in [3.05, 3.63) is 18.0 Å². The minimum Gasteiger partial charge on any atom is -0.340 e. The number of carbonyl (C=O) groups excluding carboxylic acids is 1. The van der Waals surface area contributed by atoms with Crippen molar-refractivity contribution >= 4 is 30.7 Å². The number of carbonyl (C=O) groups is 1. The molecule has 5 nitrogen and oxygen atoms in total. The molecule has 1 aliphatic rings. The first-order chi connectivity index (χ1) is 8.16. The molecule has 1 aromatic rings. The quantitative estimate of drug-likeness (QED) is 0.917. The zero-order valence-corrected chi connectivity index (χ0v) is 13.0. The molecule has 0 aliphatic carbocycles. The number of hydrogen-bond donors (Lipinski definition) is 1. The molecule has 1 saturated heterocycles. The van der Waals surface area contributed by atoms with Crippen molar-refractivity contribution in [2.24, 2.45) is 7.05 Å². The number of nitrogens with zero attached hydrogens (tertiary/aromatic N) is 3. The molecule has 1 aliphatic heterocycles. The van der Waals surface area contributed by atoms with Gasteiger partial charge in [0.2, 0.25) is 5.91 Å². The lowest BCUT2D eigenvalue weighted by Crippen LogP contribution is -2.46. The topological polar surface area (TPSA) is 50.2 Å². The molecule has 0 spiro atoms. The fourth-order valence-corrected chi connectivity index (χ4v) is 2.23. The molecule has 7 heteroatoms. The highest BCUT2D eigenvalue weighted by atomic mass is 35.5. The molecule has 110 valence electrons. The lowest BCUT2D eigenvalue weighted by molar-refractivity contribution is -0.133. The van der Waals surface area contributed by atoms with Gasteiger partial charge in [-0.1, -0.05) is 6.42 Å². The van der Waals surface area contributed by atoms with Crippen LogP contribution in [-0.4, -0.2) is 40.2 Å².